The summed E-state index contributed by atoms with van der Waals surface area (Å²) >= 11 is 0. The maximum atomic E-state index is 5.62. The van der Waals surface area contributed by atoms with Crippen molar-refractivity contribution >= 4 is 30.6 Å². The lowest BCUT2D eigenvalue weighted by molar-refractivity contribution is 0.407. The van der Waals surface area contributed by atoms with E-state index in [1.807, 2.05) is 6.07 Å². The van der Waals surface area contributed by atoms with Crippen molar-refractivity contribution in [1.29, 1.82) is 0 Å². The number of nitrogen functional groups attached to an aromatic ring is 1. The van der Waals surface area contributed by atoms with Gasteiger partial charge in [-0.3, -0.25) is 0 Å². The molecule has 0 bridgehead atoms. The van der Waals surface area contributed by atoms with E-state index >= 15 is 0 Å². The summed E-state index contributed by atoms with van der Waals surface area (Å²) in [5.41, 5.74) is 6.61. The van der Waals surface area contributed by atoms with Gasteiger partial charge in [0, 0.05) is 12.0 Å². The summed E-state index contributed by atoms with van der Waals surface area (Å²) in [5.74, 6) is 1.46. The molecule has 0 atom stereocenters. The molecule has 17 heavy (non-hydrogen) atoms. The number of rotatable bonds is 2. The molecule has 0 unspecified atom stereocenters. The van der Waals surface area contributed by atoms with Gasteiger partial charge in [0.1, 0.15) is 0 Å². The van der Waals surface area contributed by atoms with Crippen LogP contribution in [0.25, 0.3) is 0 Å². The lowest BCUT2D eigenvalue weighted by Crippen LogP contribution is -2.27. The van der Waals surface area contributed by atoms with E-state index in [-0.39, 0.29) is 24.8 Å². The fraction of sp³-hybridized carbons (Fsp3) is 0.600. The standard InChI is InChI=1S/C10H16N4O.2ClH/c1-15-9-6-8(13-14-10(9)11)7-2-4-12-5-3-7;;/h6-7,12H,2-5H2,1H3,(H2,11,14);2*1H. The SMILES string of the molecule is COc1cc(C2CCNCC2)nnc1N.Cl.Cl. The van der Waals surface area contributed by atoms with E-state index in [0.717, 1.165) is 31.6 Å². The van der Waals surface area contributed by atoms with Crippen LogP contribution in [0.1, 0.15) is 24.5 Å². The van der Waals surface area contributed by atoms with Crippen LogP contribution in [0.3, 0.4) is 0 Å². The third-order valence-corrected chi connectivity index (χ3v) is 2.78. The van der Waals surface area contributed by atoms with Gasteiger partial charge in [-0.25, -0.2) is 0 Å². The Morgan fingerprint density at radius 2 is 1.94 bits per heavy atom. The summed E-state index contributed by atoms with van der Waals surface area (Å²) in [6.45, 7) is 2.08. The summed E-state index contributed by atoms with van der Waals surface area (Å²) in [5, 5.41) is 11.4. The Labute approximate surface area is 113 Å². The molecule has 2 heterocycles. The molecule has 0 radical (unpaired) electrons. The molecular formula is C10H18Cl2N4O. The van der Waals surface area contributed by atoms with E-state index in [2.05, 4.69) is 15.5 Å². The number of methoxy groups -OCH3 is 1. The summed E-state index contributed by atoms with van der Waals surface area (Å²) in [7, 11) is 1.60. The summed E-state index contributed by atoms with van der Waals surface area (Å²) < 4.78 is 5.13. The van der Waals surface area contributed by atoms with Crippen LogP contribution in [0.15, 0.2) is 6.07 Å². The highest BCUT2D eigenvalue weighted by atomic mass is 35.5. The smallest absolute Gasteiger partial charge is 0.188 e. The zero-order chi connectivity index (χ0) is 10.7. The van der Waals surface area contributed by atoms with Crippen molar-refractivity contribution in [3.05, 3.63) is 11.8 Å². The van der Waals surface area contributed by atoms with Crippen LogP contribution in [0.2, 0.25) is 0 Å². The number of hydrogen-bond acceptors (Lipinski definition) is 5. The largest absolute Gasteiger partial charge is 0.493 e. The maximum absolute atomic E-state index is 5.62. The topological polar surface area (TPSA) is 73.1 Å². The molecular weight excluding hydrogens is 263 g/mol. The Kier molecular flexibility index (Phi) is 7.18. The first-order valence-electron chi connectivity index (χ1n) is 5.19. The van der Waals surface area contributed by atoms with E-state index in [0.29, 0.717) is 17.5 Å². The van der Waals surface area contributed by atoms with Crippen LogP contribution < -0.4 is 15.8 Å². The molecule has 1 aromatic heterocycles. The highest BCUT2D eigenvalue weighted by Crippen LogP contribution is 2.27. The molecule has 98 valence electrons. The van der Waals surface area contributed by atoms with Gasteiger partial charge in [0.15, 0.2) is 11.6 Å². The Bertz CT molecular complexity index is 345. The van der Waals surface area contributed by atoms with Crippen molar-refractivity contribution in [2.45, 2.75) is 18.8 Å². The van der Waals surface area contributed by atoms with Gasteiger partial charge in [-0.2, -0.15) is 5.10 Å². The second-order valence-corrected chi connectivity index (χ2v) is 3.75. The monoisotopic (exact) mass is 280 g/mol. The molecule has 7 heteroatoms. The third-order valence-electron chi connectivity index (χ3n) is 2.78. The van der Waals surface area contributed by atoms with Gasteiger partial charge in [0.05, 0.1) is 12.8 Å². The van der Waals surface area contributed by atoms with Crippen molar-refractivity contribution in [1.82, 2.24) is 15.5 Å². The molecule has 1 aromatic rings. The molecule has 0 saturated carbocycles. The molecule has 1 aliphatic heterocycles. The van der Waals surface area contributed by atoms with Crippen molar-refractivity contribution in [3.63, 3.8) is 0 Å². The Balaban J connectivity index is 0.00000128. The van der Waals surface area contributed by atoms with Gasteiger partial charge >= 0.3 is 0 Å². The lowest BCUT2D eigenvalue weighted by atomic mass is 9.94. The molecule has 2 rings (SSSR count). The van der Waals surface area contributed by atoms with Crippen molar-refractivity contribution in [3.8, 4) is 5.75 Å². The van der Waals surface area contributed by atoms with Crippen LogP contribution in [-0.4, -0.2) is 30.4 Å². The minimum Gasteiger partial charge on any atom is -0.493 e. The molecule has 0 spiro atoms. The quantitative estimate of drug-likeness (QED) is 0.856. The van der Waals surface area contributed by atoms with Crippen LogP contribution in [-0.2, 0) is 0 Å². The molecule has 0 amide bonds. The lowest BCUT2D eigenvalue weighted by Gasteiger charge is -2.21. The van der Waals surface area contributed by atoms with Gasteiger partial charge in [-0.1, -0.05) is 0 Å². The maximum Gasteiger partial charge on any atom is 0.188 e. The predicted octanol–water partition coefficient (Wildman–Crippen LogP) is 1.38. The van der Waals surface area contributed by atoms with Crippen LogP contribution in [0.5, 0.6) is 5.75 Å². The first-order valence-corrected chi connectivity index (χ1v) is 5.19. The zero-order valence-electron chi connectivity index (χ0n) is 9.68. The fourth-order valence-electron chi connectivity index (χ4n) is 1.88. The zero-order valence-corrected chi connectivity index (χ0v) is 11.3. The predicted molar refractivity (Wildman–Crippen MR) is 72.3 cm³/mol. The van der Waals surface area contributed by atoms with Crippen molar-refractivity contribution in [2.75, 3.05) is 25.9 Å². The number of hydrogen-bond donors (Lipinski definition) is 2. The molecule has 5 nitrogen and oxygen atoms in total. The van der Waals surface area contributed by atoms with E-state index in [4.69, 9.17) is 10.5 Å². The molecule has 0 aromatic carbocycles. The number of halogens is 2. The summed E-state index contributed by atoms with van der Waals surface area (Å²) in [6, 6.07) is 1.90. The number of piperidine rings is 1. The molecule has 1 fully saturated rings. The number of aromatic nitrogens is 2. The number of nitrogens with two attached hydrogens (primary N) is 1. The number of nitrogens with one attached hydrogen (secondary N) is 1. The van der Waals surface area contributed by atoms with E-state index in [1.165, 1.54) is 0 Å². The van der Waals surface area contributed by atoms with Crippen molar-refractivity contribution < 1.29 is 4.74 Å². The van der Waals surface area contributed by atoms with Gasteiger partial charge in [-0.15, -0.1) is 29.9 Å². The highest BCUT2D eigenvalue weighted by Gasteiger charge is 2.18. The summed E-state index contributed by atoms with van der Waals surface area (Å²) in [6.07, 6.45) is 2.20. The van der Waals surface area contributed by atoms with Gasteiger partial charge in [-0.05, 0) is 25.9 Å². The van der Waals surface area contributed by atoms with Crippen molar-refractivity contribution in [2.24, 2.45) is 0 Å². The minimum absolute atomic E-state index is 0. The second kappa shape index (κ2) is 7.53. The summed E-state index contributed by atoms with van der Waals surface area (Å²) in [4.78, 5) is 0. The number of nitrogens with zero attached hydrogens (tertiary/aromatic N) is 2. The second-order valence-electron chi connectivity index (χ2n) is 3.75. The van der Waals surface area contributed by atoms with Gasteiger partial charge in [0.2, 0.25) is 0 Å². The molecule has 3 N–H and O–H groups in total. The number of ether oxygens (including phenoxy) is 1. The van der Waals surface area contributed by atoms with Crippen LogP contribution in [0, 0.1) is 0 Å². The highest BCUT2D eigenvalue weighted by molar-refractivity contribution is 5.85. The minimum atomic E-state index is 0. The molecule has 1 aliphatic rings. The van der Waals surface area contributed by atoms with Crippen LogP contribution in [0.4, 0.5) is 5.82 Å². The third kappa shape index (κ3) is 3.87. The first kappa shape index (κ1) is 16.2. The van der Waals surface area contributed by atoms with E-state index < -0.39 is 0 Å². The van der Waals surface area contributed by atoms with E-state index in [1.54, 1.807) is 7.11 Å². The Hall–Kier alpha value is -0.780. The van der Waals surface area contributed by atoms with E-state index in [9.17, 15) is 0 Å². The molecule has 0 aliphatic carbocycles. The average Bonchev–Trinajstić information content (AvgIpc) is 2.31. The van der Waals surface area contributed by atoms with Gasteiger partial charge < -0.3 is 15.8 Å². The number of anilines is 1. The Morgan fingerprint density at radius 3 is 2.53 bits per heavy atom. The average molecular weight is 281 g/mol. The fourth-order valence-corrected chi connectivity index (χ4v) is 1.88. The van der Waals surface area contributed by atoms with Crippen LogP contribution >= 0.6 is 24.8 Å². The molecule has 1 saturated heterocycles. The Morgan fingerprint density at radius 1 is 1.29 bits per heavy atom. The first-order chi connectivity index (χ1) is 7.31. The van der Waals surface area contributed by atoms with Gasteiger partial charge in [0.25, 0.3) is 0 Å². The normalized spacial score (nSPS) is 15.6.